The molecular formula is C16H23NO3S. The summed E-state index contributed by atoms with van der Waals surface area (Å²) in [7, 11) is 0. The summed E-state index contributed by atoms with van der Waals surface area (Å²) in [6, 6.07) is 5.19. The molecule has 0 aliphatic rings. The Morgan fingerprint density at radius 1 is 1.29 bits per heavy atom. The summed E-state index contributed by atoms with van der Waals surface area (Å²) in [6.07, 6.45) is 0. The van der Waals surface area contributed by atoms with Crippen molar-refractivity contribution in [2.75, 3.05) is 5.75 Å². The van der Waals surface area contributed by atoms with Crippen LogP contribution in [0.2, 0.25) is 0 Å². The van der Waals surface area contributed by atoms with Crippen molar-refractivity contribution >= 4 is 23.6 Å². The number of carboxylic acids is 1. The summed E-state index contributed by atoms with van der Waals surface area (Å²) in [6.45, 7) is 9.39. The molecule has 0 bridgehead atoms. The number of carbonyl (C=O) groups is 2. The molecule has 0 saturated heterocycles. The van der Waals surface area contributed by atoms with Gasteiger partial charge in [0, 0.05) is 4.90 Å². The van der Waals surface area contributed by atoms with Gasteiger partial charge in [-0.25, -0.2) is 4.79 Å². The number of thioether (sulfide) groups is 1. The normalized spacial score (nSPS) is 12.8. The molecule has 0 unspecified atom stereocenters. The van der Waals surface area contributed by atoms with Crippen LogP contribution in [0, 0.1) is 19.3 Å². The number of carbonyl (C=O) groups excluding carboxylic acids is 1. The highest BCUT2D eigenvalue weighted by Gasteiger charge is 2.32. The first-order valence-corrected chi connectivity index (χ1v) is 7.82. The fourth-order valence-corrected chi connectivity index (χ4v) is 2.79. The van der Waals surface area contributed by atoms with E-state index in [1.165, 1.54) is 11.8 Å². The van der Waals surface area contributed by atoms with Gasteiger partial charge in [0.05, 0.1) is 5.75 Å². The summed E-state index contributed by atoms with van der Waals surface area (Å²) in [4.78, 5) is 24.3. The van der Waals surface area contributed by atoms with Crippen molar-refractivity contribution in [2.45, 2.75) is 45.6 Å². The molecule has 0 aromatic heterocycles. The van der Waals surface area contributed by atoms with Crippen LogP contribution in [0.1, 0.15) is 31.9 Å². The number of aliphatic carboxylic acids is 1. The number of rotatable bonds is 5. The number of hydrogen-bond acceptors (Lipinski definition) is 3. The van der Waals surface area contributed by atoms with Crippen LogP contribution in [0.5, 0.6) is 0 Å². The summed E-state index contributed by atoms with van der Waals surface area (Å²) in [5.41, 5.74) is 1.73. The van der Waals surface area contributed by atoms with Crippen LogP contribution in [0.4, 0.5) is 0 Å². The third-order valence-corrected chi connectivity index (χ3v) is 4.28. The van der Waals surface area contributed by atoms with Crippen molar-refractivity contribution in [1.29, 1.82) is 0 Å². The van der Waals surface area contributed by atoms with Crippen molar-refractivity contribution in [3.63, 3.8) is 0 Å². The first-order chi connectivity index (χ1) is 9.61. The molecule has 5 heteroatoms. The smallest absolute Gasteiger partial charge is 0.326 e. The second kappa shape index (κ2) is 6.98. The van der Waals surface area contributed by atoms with E-state index in [9.17, 15) is 14.7 Å². The highest BCUT2D eigenvalue weighted by atomic mass is 32.2. The first-order valence-electron chi connectivity index (χ1n) is 6.83. The number of carboxylic acid groups (broad SMARTS) is 1. The molecule has 0 aliphatic carbocycles. The predicted octanol–water partition coefficient (Wildman–Crippen LogP) is 3.01. The minimum Gasteiger partial charge on any atom is -0.480 e. The zero-order valence-electron chi connectivity index (χ0n) is 13.2. The van der Waals surface area contributed by atoms with E-state index in [0.29, 0.717) is 0 Å². The van der Waals surface area contributed by atoms with Gasteiger partial charge in [-0.1, -0.05) is 38.5 Å². The molecule has 21 heavy (non-hydrogen) atoms. The Morgan fingerprint density at radius 3 is 2.43 bits per heavy atom. The summed E-state index contributed by atoms with van der Waals surface area (Å²) in [5.74, 6) is -1.06. The van der Waals surface area contributed by atoms with Crippen LogP contribution in [-0.4, -0.2) is 28.8 Å². The minimum atomic E-state index is -1.01. The minimum absolute atomic E-state index is 0.212. The first kappa shape index (κ1) is 17.6. The number of aryl methyl sites for hydroxylation is 2. The average Bonchev–Trinajstić information content (AvgIpc) is 2.35. The SMILES string of the molecule is Cc1ccc(C)c(SCC(=O)N[C@@H](C(=O)O)C(C)(C)C)c1. The van der Waals surface area contributed by atoms with Gasteiger partial charge in [0.1, 0.15) is 6.04 Å². The number of nitrogens with one attached hydrogen (secondary N) is 1. The molecule has 0 aliphatic heterocycles. The second-order valence-corrected chi connectivity index (χ2v) is 7.28. The molecule has 0 heterocycles. The molecule has 1 amide bonds. The van der Waals surface area contributed by atoms with E-state index >= 15 is 0 Å². The summed E-state index contributed by atoms with van der Waals surface area (Å²) in [5, 5.41) is 11.8. The number of amides is 1. The zero-order chi connectivity index (χ0) is 16.2. The molecule has 0 spiro atoms. The van der Waals surface area contributed by atoms with E-state index in [4.69, 9.17) is 0 Å². The van der Waals surface area contributed by atoms with Crippen molar-refractivity contribution in [3.8, 4) is 0 Å². The number of benzene rings is 1. The van der Waals surface area contributed by atoms with Crippen LogP contribution in [0.25, 0.3) is 0 Å². The molecule has 0 fully saturated rings. The molecule has 1 aromatic carbocycles. The highest BCUT2D eigenvalue weighted by molar-refractivity contribution is 8.00. The number of hydrogen-bond donors (Lipinski definition) is 2. The summed E-state index contributed by atoms with van der Waals surface area (Å²) < 4.78 is 0. The van der Waals surface area contributed by atoms with Crippen molar-refractivity contribution in [1.82, 2.24) is 5.32 Å². The van der Waals surface area contributed by atoms with Gasteiger partial charge in [-0.2, -0.15) is 0 Å². The lowest BCUT2D eigenvalue weighted by atomic mass is 9.87. The fourth-order valence-electron chi connectivity index (χ4n) is 1.86. The molecule has 1 atom stereocenters. The van der Waals surface area contributed by atoms with E-state index in [1.807, 2.05) is 32.0 Å². The van der Waals surface area contributed by atoms with Crippen LogP contribution in [0.3, 0.4) is 0 Å². The van der Waals surface area contributed by atoms with Gasteiger partial charge in [0.25, 0.3) is 0 Å². The topological polar surface area (TPSA) is 66.4 Å². The van der Waals surface area contributed by atoms with E-state index in [1.54, 1.807) is 20.8 Å². The lowest BCUT2D eigenvalue weighted by Crippen LogP contribution is -2.49. The zero-order valence-corrected chi connectivity index (χ0v) is 14.0. The third-order valence-electron chi connectivity index (χ3n) is 3.12. The standard InChI is InChI=1S/C16H23NO3S/c1-10-6-7-11(2)12(8-10)21-9-13(18)17-14(15(19)20)16(3,4)5/h6-8,14H,9H2,1-5H3,(H,17,18)(H,19,20)/t14-/m0/s1. The van der Waals surface area contributed by atoms with Gasteiger partial charge in [-0.3, -0.25) is 4.79 Å². The molecule has 2 N–H and O–H groups in total. The third kappa shape index (κ3) is 5.42. The maximum Gasteiger partial charge on any atom is 0.326 e. The van der Waals surface area contributed by atoms with Gasteiger partial charge in [-0.15, -0.1) is 11.8 Å². The maximum absolute atomic E-state index is 12.0. The van der Waals surface area contributed by atoms with Gasteiger partial charge < -0.3 is 10.4 Å². The van der Waals surface area contributed by atoms with Gasteiger partial charge in [-0.05, 0) is 30.9 Å². The average molecular weight is 309 g/mol. The Labute approximate surface area is 130 Å². The molecule has 1 rings (SSSR count). The van der Waals surface area contributed by atoms with Crippen molar-refractivity contribution < 1.29 is 14.7 Å². The van der Waals surface area contributed by atoms with Crippen LogP contribution < -0.4 is 5.32 Å². The molecule has 116 valence electrons. The van der Waals surface area contributed by atoms with E-state index in [-0.39, 0.29) is 11.7 Å². The fraction of sp³-hybridized carbons (Fsp3) is 0.500. The Kier molecular flexibility index (Phi) is 5.84. The Hall–Kier alpha value is -1.49. The molecule has 0 radical (unpaired) electrons. The van der Waals surface area contributed by atoms with E-state index in [2.05, 4.69) is 5.32 Å². The quantitative estimate of drug-likeness (QED) is 0.821. The Bertz CT molecular complexity index is 535. The van der Waals surface area contributed by atoms with Crippen LogP contribution in [-0.2, 0) is 9.59 Å². The maximum atomic E-state index is 12.0. The van der Waals surface area contributed by atoms with E-state index in [0.717, 1.165) is 16.0 Å². The van der Waals surface area contributed by atoms with Crippen molar-refractivity contribution in [3.05, 3.63) is 29.3 Å². The van der Waals surface area contributed by atoms with E-state index < -0.39 is 17.4 Å². The second-order valence-electron chi connectivity index (χ2n) is 6.26. The molecular weight excluding hydrogens is 286 g/mol. The predicted molar refractivity (Wildman–Crippen MR) is 85.7 cm³/mol. The lowest BCUT2D eigenvalue weighted by Gasteiger charge is -2.27. The van der Waals surface area contributed by atoms with Gasteiger partial charge in [0.2, 0.25) is 5.91 Å². The highest BCUT2D eigenvalue weighted by Crippen LogP contribution is 2.24. The molecule has 1 aromatic rings. The van der Waals surface area contributed by atoms with Crippen LogP contribution in [0.15, 0.2) is 23.1 Å². The molecule has 4 nitrogen and oxygen atoms in total. The lowest BCUT2D eigenvalue weighted by molar-refractivity contribution is -0.144. The molecule has 0 saturated carbocycles. The van der Waals surface area contributed by atoms with Gasteiger partial charge >= 0.3 is 5.97 Å². The summed E-state index contributed by atoms with van der Waals surface area (Å²) >= 11 is 1.43. The van der Waals surface area contributed by atoms with Crippen molar-refractivity contribution in [2.24, 2.45) is 5.41 Å². The Morgan fingerprint density at radius 2 is 1.90 bits per heavy atom. The Balaban J connectivity index is 2.65. The van der Waals surface area contributed by atoms with Crippen LogP contribution >= 0.6 is 11.8 Å². The largest absolute Gasteiger partial charge is 0.480 e. The van der Waals surface area contributed by atoms with Gasteiger partial charge in [0.15, 0.2) is 0 Å². The monoisotopic (exact) mass is 309 g/mol.